The number of aryl methyl sites for hydroxylation is 1. The summed E-state index contributed by atoms with van der Waals surface area (Å²) in [4.78, 5) is 4.48. The van der Waals surface area contributed by atoms with Gasteiger partial charge in [0, 0.05) is 6.54 Å². The molecule has 0 atom stereocenters. The lowest BCUT2D eigenvalue weighted by molar-refractivity contribution is 0.575. The summed E-state index contributed by atoms with van der Waals surface area (Å²) >= 11 is 0. The van der Waals surface area contributed by atoms with E-state index in [1.54, 1.807) is 6.07 Å². The SMILES string of the molecule is CCn1c(CNS(=O)(=O)Cc2cccc(F)c2)nc2ccccc21. The van der Waals surface area contributed by atoms with E-state index in [-0.39, 0.29) is 12.3 Å². The van der Waals surface area contributed by atoms with E-state index in [0.717, 1.165) is 11.0 Å². The molecule has 1 N–H and O–H groups in total. The molecule has 0 spiro atoms. The van der Waals surface area contributed by atoms with Crippen LogP contribution in [-0.2, 0) is 28.9 Å². The van der Waals surface area contributed by atoms with Gasteiger partial charge in [-0.25, -0.2) is 22.5 Å². The summed E-state index contributed by atoms with van der Waals surface area (Å²) in [6, 6.07) is 13.3. The molecule has 7 heteroatoms. The highest BCUT2D eigenvalue weighted by atomic mass is 32.2. The van der Waals surface area contributed by atoms with Gasteiger partial charge in [-0.1, -0.05) is 24.3 Å². The zero-order valence-electron chi connectivity index (χ0n) is 13.2. The molecule has 0 amide bonds. The molecule has 0 unspecified atom stereocenters. The molecule has 1 heterocycles. The standard InChI is InChI=1S/C17H18FN3O2S/c1-2-21-16-9-4-3-8-15(16)20-17(21)11-19-24(22,23)12-13-6-5-7-14(18)10-13/h3-10,19H,2,11-12H2,1H3. The largest absolute Gasteiger partial charge is 0.327 e. The summed E-state index contributed by atoms with van der Waals surface area (Å²) in [6.45, 7) is 2.78. The topological polar surface area (TPSA) is 64.0 Å². The quantitative estimate of drug-likeness (QED) is 0.746. The molecular formula is C17H18FN3O2S. The van der Waals surface area contributed by atoms with Crippen LogP contribution in [0.1, 0.15) is 18.3 Å². The summed E-state index contributed by atoms with van der Waals surface area (Å²) in [7, 11) is -3.58. The number of nitrogens with zero attached hydrogens (tertiary/aromatic N) is 2. The van der Waals surface area contributed by atoms with Crippen molar-refractivity contribution in [1.29, 1.82) is 0 Å². The maximum atomic E-state index is 13.2. The Morgan fingerprint density at radius 2 is 1.96 bits per heavy atom. The molecule has 0 saturated heterocycles. The van der Waals surface area contributed by atoms with Crippen molar-refractivity contribution < 1.29 is 12.8 Å². The van der Waals surface area contributed by atoms with Gasteiger partial charge in [0.05, 0.1) is 23.3 Å². The van der Waals surface area contributed by atoms with E-state index in [4.69, 9.17) is 0 Å². The van der Waals surface area contributed by atoms with Gasteiger partial charge >= 0.3 is 0 Å². The van der Waals surface area contributed by atoms with Gasteiger partial charge in [-0.2, -0.15) is 0 Å². The molecule has 3 rings (SSSR count). The van der Waals surface area contributed by atoms with E-state index in [1.807, 2.05) is 35.8 Å². The maximum absolute atomic E-state index is 13.2. The molecule has 3 aromatic rings. The van der Waals surface area contributed by atoms with Crippen molar-refractivity contribution in [3.05, 3.63) is 65.7 Å². The van der Waals surface area contributed by atoms with Crippen molar-refractivity contribution in [3.63, 3.8) is 0 Å². The number of fused-ring (bicyclic) bond motifs is 1. The summed E-state index contributed by atoms with van der Waals surface area (Å²) < 4.78 is 42.2. The van der Waals surface area contributed by atoms with Gasteiger partial charge in [0.25, 0.3) is 0 Å². The van der Waals surface area contributed by atoms with Gasteiger partial charge in [0.2, 0.25) is 10.0 Å². The molecule has 126 valence electrons. The van der Waals surface area contributed by atoms with Crippen LogP contribution in [0.2, 0.25) is 0 Å². The third-order valence-electron chi connectivity index (χ3n) is 3.75. The third kappa shape index (κ3) is 3.63. The van der Waals surface area contributed by atoms with E-state index in [2.05, 4.69) is 9.71 Å². The van der Waals surface area contributed by atoms with Crippen LogP contribution in [-0.4, -0.2) is 18.0 Å². The molecule has 0 aliphatic carbocycles. The first-order valence-electron chi connectivity index (χ1n) is 7.64. The van der Waals surface area contributed by atoms with Crippen molar-refractivity contribution in [3.8, 4) is 0 Å². The number of para-hydroxylation sites is 2. The summed E-state index contributed by atoms with van der Waals surface area (Å²) in [5, 5.41) is 0. The Hall–Kier alpha value is -2.25. The summed E-state index contributed by atoms with van der Waals surface area (Å²) in [5.74, 6) is -0.0612. The Kier molecular flexibility index (Phi) is 4.64. The Bertz CT molecular complexity index is 967. The molecule has 1 aromatic heterocycles. The minimum atomic E-state index is -3.58. The lowest BCUT2D eigenvalue weighted by atomic mass is 10.2. The van der Waals surface area contributed by atoms with Crippen molar-refractivity contribution >= 4 is 21.1 Å². The van der Waals surface area contributed by atoms with Gasteiger partial charge in [0.1, 0.15) is 11.6 Å². The summed E-state index contributed by atoms with van der Waals surface area (Å²) in [5.41, 5.74) is 2.21. The van der Waals surface area contributed by atoms with E-state index >= 15 is 0 Å². The van der Waals surface area contributed by atoms with Crippen molar-refractivity contribution in [2.75, 3.05) is 0 Å². The van der Waals surface area contributed by atoms with Crippen LogP contribution < -0.4 is 4.72 Å². The van der Waals surface area contributed by atoms with Crippen molar-refractivity contribution in [2.45, 2.75) is 25.8 Å². The van der Waals surface area contributed by atoms with Gasteiger partial charge in [0.15, 0.2) is 0 Å². The average molecular weight is 347 g/mol. The number of imidazole rings is 1. The van der Waals surface area contributed by atoms with Crippen molar-refractivity contribution in [2.24, 2.45) is 0 Å². The molecule has 2 aromatic carbocycles. The third-order valence-corrected chi connectivity index (χ3v) is 5.04. The minimum Gasteiger partial charge on any atom is -0.327 e. The molecular weight excluding hydrogens is 329 g/mol. The van der Waals surface area contributed by atoms with E-state index in [9.17, 15) is 12.8 Å². The number of rotatable bonds is 6. The molecule has 0 fully saturated rings. The fourth-order valence-electron chi connectivity index (χ4n) is 2.68. The second-order valence-electron chi connectivity index (χ2n) is 5.47. The predicted molar refractivity (Wildman–Crippen MR) is 91.3 cm³/mol. The minimum absolute atomic E-state index is 0.0974. The number of sulfonamides is 1. The van der Waals surface area contributed by atoms with Crippen LogP contribution in [0.5, 0.6) is 0 Å². The first-order chi connectivity index (χ1) is 11.5. The van der Waals surface area contributed by atoms with Crippen LogP contribution in [0.4, 0.5) is 4.39 Å². The lowest BCUT2D eigenvalue weighted by Crippen LogP contribution is -2.26. The Morgan fingerprint density at radius 3 is 2.71 bits per heavy atom. The highest BCUT2D eigenvalue weighted by Gasteiger charge is 2.15. The van der Waals surface area contributed by atoms with Gasteiger partial charge < -0.3 is 4.57 Å². The Balaban J connectivity index is 1.77. The zero-order valence-corrected chi connectivity index (χ0v) is 14.1. The first kappa shape index (κ1) is 16.6. The predicted octanol–water partition coefficient (Wildman–Crippen LogP) is 2.81. The second-order valence-corrected chi connectivity index (χ2v) is 7.28. The molecule has 5 nitrogen and oxygen atoms in total. The summed E-state index contributed by atoms with van der Waals surface area (Å²) in [6.07, 6.45) is 0. The molecule has 0 radical (unpaired) electrons. The maximum Gasteiger partial charge on any atom is 0.216 e. The number of benzene rings is 2. The van der Waals surface area contributed by atoms with E-state index in [1.165, 1.54) is 18.2 Å². The van der Waals surface area contributed by atoms with Crippen LogP contribution in [0, 0.1) is 5.82 Å². The van der Waals surface area contributed by atoms with Crippen molar-refractivity contribution in [1.82, 2.24) is 14.3 Å². The monoisotopic (exact) mass is 347 g/mol. The van der Waals surface area contributed by atoms with Crippen LogP contribution in [0.25, 0.3) is 11.0 Å². The van der Waals surface area contributed by atoms with Crippen LogP contribution in [0.15, 0.2) is 48.5 Å². The molecule has 24 heavy (non-hydrogen) atoms. The number of hydrogen-bond donors (Lipinski definition) is 1. The van der Waals surface area contributed by atoms with Crippen LogP contribution >= 0.6 is 0 Å². The number of hydrogen-bond acceptors (Lipinski definition) is 3. The second kappa shape index (κ2) is 6.70. The van der Waals surface area contributed by atoms with Crippen LogP contribution in [0.3, 0.4) is 0 Å². The van der Waals surface area contributed by atoms with Gasteiger partial charge in [-0.15, -0.1) is 0 Å². The average Bonchev–Trinajstić information content (AvgIpc) is 2.90. The Labute approximate surface area is 140 Å². The fraction of sp³-hybridized carbons (Fsp3) is 0.235. The molecule has 0 aliphatic rings. The number of nitrogens with one attached hydrogen (secondary N) is 1. The van der Waals surface area contributed by atoms with E-state index in [0.29, 0.717) is 17.9 Å². The smallest absolute Gasteiger partial charge is 0.216 e. The highest BCUT2D eigenvalue weighted by Crippen LogP contribution is 2.16. The number of aromatic nitrogens is 2. The normalized spacial score (nSPS) is 11.9. The Morgan fingerprint density at radius 1 is 1.17 bits per heavy atom. The number of halogens is 1. The molecule has 0 aliphatic heterocycles. The first-order valence-corrected chi connectivity index (χ1v) is 9.29. The zero-order chi connectivity index (χ0) is 17.2. The van der Waals surface area contributed by atoms with E-state index < -0.39 is 15.8 Å². The lowest BCUT2D eigenvalue weighted by Gasteiger charge is -2.09. The molecule has 0 saturated carbocycles. The highest BCUT2D eigenvalue weighted by molar-refractivity contribution is 7.88. The molecule has 0 bridgehead atoms. The fourth-order valence-corrected chi connectivity index (χ4v) is 3.75. The van der Waals surface area contributed by atoms with Gasteiger partial charge in [-0.05, 0) is 36.8 Å². The van der Waals surface area contributed by atoms with Gasteiger partial charge in [-0.3, -0.25) is 0 Å².